The normalized spacial score (nSPS) is 13.9. The maximum atomic E-state index is 12.0. The number of halogens is 3. The lowest BCUT2D eigenvalue weighted by Gasteiger charge is -2.10. The molecule has 0 saturated carbocycles. The minimum absolute atomic E-state index is 0.0714. The minimum Gasteiger partial charge on any atom is -0.406 e. The predicted molar refractivity (Wildman–Crippen MR) is 69.7 cm³/mol. The van der Waals surface area contributed by atoms with Gasteiger partial charge in [0, 0.05) is 12.8 Å². The third-order valence-electron chi connectivity index (χ3n) is 2.28. The van der Waals surface area contributed by atoms with Crippen molar-refractivity contribution < 1.29 is 22.6 Å². The van der Waals surface area contributed by atoms with Crippen molar-refractivity contribution in [3.05, 3.63) is 24.3 Å². The minimum atomic E-state index is -4.70. The molecule has 0 spiro atoms. The van der Waals surface area contributed by atoms with Gasteiger partial charge in [-0.05, 0) is 31.2 Å². The molecule has 0 amide bonds. The number of anilines is 1. The van der Waals surface area contributed by atoms with E-state index in [1.165, 1.54) is 24.3 Å². The number of aliphatic imine (C=N–C) groups is 1. The van der Waals surface area contributed by atoms with Gasteiger partial charge >= 0.3 is 6.36 Å². The van der Waals surface area contributed by atoms with E-state index in [1.54, 1.807) is 7.11 Å². The third kappa shape index (κ3) is 6.28. The number of ether oxygens (including phenoxy) is 2. The van der Waals surface area contributed by atoms with E-state index in [1.807, 2.05) is 6.92 Å². The first-order valence-corrected chi connectivity index (χ1v) is 5.75. The van der Waals surface area contributed by atoms with Crippen molar-refractivity contribution in [1.82, 2.24) is 0 Å². The highest BCUT2D eigenvalue weighted by Gasteiger charge is 2.30. The smallest absolute Gasteiger partial charge is 0.406 e. The number of nitrogens with zero attached hydrogens (tertiary/aromatic N) is 1. The van der Waals surface area contributed by atoms with E-state index in [0.29, 0.717) is 12.2 Å². The Balaban J connectivity index is 2.57. The molecule has 1 rings (SSSR count). The first-order chi connectivity index (χ1) is 9.30. The molecule has 0 aliphatic carbocycles. The molecule has 0 bridgehead atoms. The first-order valence-electron chi connectivity index (χ1n) is 5.75. The van der Waals surface area contributed by atoms with Crippen molar-refractivity contribution in [1.29, 1.82) is 0 Å². The molecular formula is C12H16F3N3O2. The van der Waals surface area contributed by atoms with Gasteiger partial charge < -0.3 is 20.5 Å². The van der Waals surface area contributed by atoms with Crippen molar-refractivity contribution in [2.24, 2.45) is 10.7 Å². The summed E-state index contributed by atoms with van der Waals surface area (Å²) in [5, 5.41) is 2.75. The number of nitrogens with two attached hydrogens (primary N) is 1. The molecule has 1 aromatic carbocycles. The Morgan fingerprint density at radius 2 is 1.95 bits per heavy atom. The zero-order valence-corrected chi connectivity index (χ0v) is 11.1. The summed E-state index contributed by atoms with van der Waals surface area (Å²) in [6.07, 6.45) is -4.77. The van der Waals surface area contributed by atoms with E-state index in [9.17, 15) is 13.2 Å². The number of methoxy groups -OCH3 is 1. The Morgan fingerprint density at radius 3 is 2.45 bits per heavy atom. The summed E-state index contributed by atoms with van der Waals surface area (Å²) in [6, 6.07) is 5.17. The molecule has 20 heavy (non-hydrogen) atoms. The van der Waals surface area contributed by atoms with E-state index in [-0.39, 0.29) is 17.8 Å². The summed E-state index contributed by atoms with van der Waals surface area (Å²) in [5.41, 5.74) is 6.13. The second-order valence-electron chi connectivity index (χ2n) is 3.97. The number of hydrogen-bond donors (Lipinski definition) is 2. The molecule has 0 fully saturated rings. The van der Waals surface area contributed by atoms with Crippen LogP contribution in [-0.4, -0.2) is 32.1 Å². The van der Waals surface area contributed by atoms with Crippen LogP contribution in [0.3, 0.4) is 0 Å². The Bertz CT molecular complexity index is 446. The summed E-state index contributed by atoms with van der Waals surface area (Å²) in [5.74, 6) is -0.148. The highest BCUT2D eigenvalue weighted by Crippen LogP contribution is 2.23. The molecule has 8 heteroatoms. The lowest BCUT2D eigenvalue weighted by molar-refractivity contribution is -0.274. The van der Waals surface area contributed by atoms with E-state index in [4.69, 9.17) is 10.5 Å². The van der Waals surface area contributed by atoms with Gasteiger partial charge in [0.1, 0.15) is 5.75 Å². The molecule has 0 aliphatic heterocycles. The maximum absolute atomic E-state index is 12.0. The van der Waals surface area contributed by atoms with Crippen molar-refractivity contribution in [2.75, 3.05) is 19.0 Å². The number of nitrogens with one attached hydrogen (secondary N) is 1. The van der Waals surface area contributed by atoms with Gasteiger partial charge in [-0.3, -0.25) is 4.99 Å². The Morgan fingerprint density at radius 1 is 1.35 bits per heavy atom. The highest BCUT2D eigenvalue weighted by molar-refractivity contribution is 5.92. The number of hydrogen-bond acceptors (Lipinski definition) is 3. The molecule has 0 radical (unpaired) electrons. The summed E-state index contributed by atoms with van der Waals surface area (Å²) >= 11 is 0. The SMILES string of the molecule is CO[C@@H](C)CN=C(N)Nc1ccc(OC(F)(F)F)cc1. The van der Waals surface area contributed by atoms with E-state index < -0.39 is 6.36 Å². The van der Waals surface area contributed by atoms with Gasteiger partial charge in [0.05, 0.1) is 12.6 Å². The molecule has 1 aromatic rings. The van der Waals surface area contributed by atoms with Crippen LogP contribution in [0.1, 0.15) is 6.92 Å². The second kappa shape index (κ2) is 6.99. The number of benzene rings is 1. The largest absolute Gasteiger partial charge is 0.573 e. The number of alkyl halides is 3. The van der Waals surface area contributed by atoms with Gasteiger partial charge in [-0.1, -0.05) is 0 Å². The van der Waals surface area contributed by atoms with Gasteiger partial charge in [0.15, 0.2) is 5.96 Å². The molecule has 0 heterocycles. The number of rotatable bonds is 5. The summed E-state index contributed by atoms with van der Waals surface area (Å²) < 4.78 is 44.7. The Kier molecular flexibility index (Phi) is 5.63. The van der Waals surface area contributed by atoms with Crippen LogP contribution < -0.4 is 15.8 Å². The molecule has 0 aromatic heterocycles. The lowest BCUT2D eigenvalue weighted by Crippen LogP contribution is -2.24. The van der Waals surface area contributed by atoms with Crippen LogP contribution in [0.25, 0.3) is 0 Å². The van der Waals surface area contributed by atoms with Gasteiger partial charge in [-0.2, -0.15) is 0 Å². The Hall–Kier alpha value is -1.96. The topological polar surface area (TPSA) is 68.9 Å². The van der Waals surface area contributed by atoms with E-state index >= 15 is 0 Å². The zero-order valence-electron chi connectivity index (χ0n) is 11.1. The van der Waals surface area contributed by atoms with Gasteiger partial charge in [0.25, 0.3) is 0 Å². The van der Waals surface area contributed by atoms with Gasteiger partial charge in [0.2, 0.25) is 0 Å². The zero-order chi connectivity index (χ0) is 15.2. The second-order valence-corrected chi connectivity index (χ2v) is 3.97. The van der Waals surface area contributed by atoms with Gasteiger partial charge in [-0.15, -0.1) is 13.2 Å². The summed E-state index contributed by atoms with van der Waals surface area (Å²) in [7, 11) is 1.56. The quantitative estimate of drug-likeness (QED) is 0.645. The van der Waals surface area contributed by atoms with Crippen LogP contribution in [0.2, 0.25) is 0 Å². The fraction of sp³-hybridized carbons (Fsp3) is 0.417. The average Bonchev–Trinajstić information content (AvgIpc) is 2.36. The Labute approximate surface area is 114 Å². The van der Waals surface area contributed by atoms with Crippen LogP contribution in [0.4, 0.5) is 18.9 Å². The molecule has 112 valence electrons. The lowest BCUT2D eigenvalue weighted by atomic mass is 10.3. The predicted octanol–water partition coefficient (Wildman–Crippen LogP) is 2.35. The average molecular weight is 291 g/mol. The fourth-order valence-corrected chi connectivity index (χ4v) is 1.23. The van der Waals surface area contributed by atoms with Crippen LogP contribution in [-0.2, 0) is 4.74 Å². The monoisotopic (exact) mass is 291 g/mol. The first kappa shape index (κ1) is 16.1. The van der Waals surface area contributed by atoms with Crippen molar-refractivity contribution in [2.45, 2.75) is 19.4 Å². The van der Waals surface area contributed by atoms with Gasteiger partial charge in [-0.25, -0.2) is 0 Å². The number of guanidine groups is 1. The molecule has 3 N–H and O–H groups in total. The fourth-order valence-electron chi connectivity index (χ4n) is 1.23. The molecule has 5 nitrogen and oxygen atoms in total. The summed E-state index contributed by atoms with van der Waals surface area (Å²) in [6.45, 7) is 2.21. The molecule has 0 aliphatic rings. The molecule has 0 saturated heterocycles. The van der Waals surface area contributed by atoms with Crippen LogP contribution in [0, 0.1) is 0 Å². The highest BCUT2D eigenvalue weighted by atomic mass is 19.4. The van der Waals surface area contributed by atoms with Crippen LogP contribution in [0.5, 0.6) is 5.75 Å². The van der Waals surface area contributed by atoms with E-state index in [2.05, 4.69) is 15.0 Å². The van der Waals surface area contributed by atoms with Crippen LogP contribution in [0.15, 0.2) is 29.3 Å². The van der Waals surface area contributed by atoms with Crippen LogP contribution >= 0.6 is 0 Å². The molecule has 1 atom stereocenters. The van der Waals surface area contributed by atoms with Crippen molar-refractivity contribution in [3.63, 3.8) is 0 Å². The molecular weight excluding hydrogens is 275 g/mol. The molecule has 0 unspecified atom stereocenters. The van der Waals surface area contributed by atoms with Crippen molar-refractivity contribution >= 4 is 11.6 Å². The maximum Gasteiger partial charge on any atom is 0.573 e. The van der Waals surface area contributed by atoms with E-state index in [0.717, 1.165) is 0 Å². The van der Waals surface area contributed by atoms with Crippen molar-refractivity contribution in [3.8, 4) is 5.75 Å². The standard InChI is InChI=1S/C12H16F3N3O2/c1-8(19-2)7-17-11(16)18-9-3-5-10(6-4-9)20-12(13,14)15/h3-6,8H,7H2,1-2H3,(H3,16,17,18)/t8-/m0/s1. The third-order valence-corrected chi connectivity index (χ3v) is 2.28. The summed E-state index contributed by atoms with van der Waals surface area (Å²) in [4.78, 5) is 4.02.